The van der Waals surface area contributed by atoms with Gasteiger partial charge in [-0.25, -0.2) is 27.0 Å². The molecule has 1 heterocycles. The van der Waals surface area contributed by atoms with Crippen LogP contribution in [0.25, 0.3) is 28.1 Å². The number of hydrogen-bond acceptors (Lipinski definition) is 3. The van der Waals surface area contributed by atoms with E-state index >= 15 is 0 Å². The lowest BCUT2D eigenvalue weighted by Gasteiger charge is -2.12. The molecule has 0 aliphatic rings. The quantitative estimate of drug-likeness (QED) is 0.431. The standard InChI is InChI=1S/C22H16ClF2N3O2S/c23-18-9-5-4-8-17(18)19-20(22(24)25)27-28(15-6-2-1-3-7-15)21(19)14-10-12-16(13-11-14)31(26,29)30/h1-13,22H,(H2,26,29,30). The van der Waals surface area contributed by atoms with Crippen LogP contribution in [0.15, 0.2) is 83.8 Å². The smallest absolute Gasteiger partial charge is 0.232 e. The van der Waals surface area contributed by atoms with Gasteiger partial charge in [0.25, 0.3) is 6.43 Å². The van der Waals surface area contributed by atoms with E-state index in [4.69, 9.17) is 16.7 Å². The second-order valence-electron chi connectivity index (χ2n) is 6.71. The van der Waals surface area contributed by atoms with Gasteiger partial charge in [0, 0.05) is 21.7 Å². The Balaban J connectivity index is 2.07. The van der Waals surface area contributed by atoms with Crippen LogP contribution in [0.2, 0.25) is 5.02 Å². The van der Waals surface area contributed by atoms with Crippen molar-refractivity contribution in [1.82, 2.24) is 9.78 Å². The molecule has 158 valence electrons. The first-order valence-corrected chi connectivity index (χ1v) is 11.0. The molecule has 0 saturated carbocycles. The van der Waals surface area contributed by atoms with Crippen molar-refractivity contribution in [3.63, 3.8) is 0 Å². The van der Waals surface area contributed by atoms with E-state index in [9.17, 15) is 17.2 Å². The van der Waals surface area contributed by atoms with E-state index in [1.165, 1.54) is 28.9 Å². The van der Waals surface area contributed by atoms with Crippen LogP contribution in [0.5, 0.6) is 0 Å². The van der Waals surface area contributed by atoms with Crippen molar-refractivity contribution < 1.29 is 17.2 Å². The fraction of sp³-hybridized carbons (Fsp3) is 0.0455. The predicted molar refractivity (Wildman–Crippen MR) is 116 cm³/mol. The maximum absolute atomic E-state index is 14.1. The highest BCUT2D eigenvalue weighted by Crippen LogP contribution is 2.42. The molecule has 5 nitrogen and oxygen atoms in total. The molecule has 0 radical (unpaired) electrons. The van der Waals surface area contributed by atoms with Crippen LogP contribution in [0.4, 0.5) is 8.78 Å². The molecule has 0 amide bonds. The Bertz CT molecular complexity index is 1340. The number of nitrogens with two attached hydrogens (primary N) is 1. The number of benzene rings is 3. The summed E-state index contributed by atoms with van der Waals surface area (Å²) < 4.78 is 52.8. The lowest BCUT2D eigenvalue weighted by atomic mass is 9.98. The summed E-state index contributed by atoms with van der Waals surface area (Å²) in [6.07, 6.45) is -2.86. The minimum atomic E-state index is -3.90. The molecule has 4 aromatic rings. The van der Waals surface area contributed by atoms with Gasteiger partial charge in [-0.15, -0.1) is 0 Å². The van der Waals surface area contributed by atoms with Crippen molar-refractivity contribution in [2.45, 2.75) is 11.3 Å². The number of primary sulfonamides is 1. The molecule has 9 heteroatoms. The lowest BCUT2D eigenvalue weighted by molar-refractivity contribution is 0.146. The third-order valence-corrected chi connectivity index (χ3v) is 5.98. The molecular weight excluding hydrogens is 444 g/mol. The summed E-state index contributed by atoms with van der Waals surface area (Å²) in [7, 11) is -3.90. The maximum Gasteiger partial charge on any atom is 0.282 e. The summed E-state index contributed by atoms with van der Waals surface area (Å²) in [5.41, 5.74) is 1.54. The summed E-state index contributed by atoms with van der Waals surface area (Å²) >= 11 is 6.36. The molecule has 0 aliphatic carbocycles. The third kappa shape index (κ3) is 4.10. The van der Waals surface area contributed by atoms with E-state index in [0.717, 1.165) is 0 Å². The monoisotopic (exact) mass is 459 g/mol. The summed E-state index contributed by atoms with van der Waals surface area (Å²) in [5.74, 6) is 0. The van der Waals surface area contributed by atoms with Gasteiger partial charge >= 0.3 is 0 Å². The van der Waals surface area contributed by atoms with E-state index in [1.807, 2.05) is 0 Å². The summed E-state index contributed by atoms with van der Waals surface area (Å²) in [6, 6.07) is 21.1. The number of aromatic nitrogens is 2. The molecule has 31 heavy (non-hydrogen) atoms. The summed E-state index contributed by atoms with van der Waals surface area (Å²) in [6.45, 7) is 0. The average Bonchev–Trinajstić information content (AvgIpc) is 3.15. The molecular formula is C22H16ClF2N3O2S. The van der Waals surface area contributed by atoms with Gasteiger partial charge in [0.15, 0.2) is 0 Å². The van der Waals surface area contributed by atoms with Gasteiger partial charge < -0.3 is 0 Å². The fourth-order valence-electron chi connectivity index (χ4n) is 3.34. The van der Waals surface area contributed by atoms with E-state index in [0.29, 0.717) is 27.5 Å². The lowest BCUT2D eigenvalue weighted by Crippen LogP contribution is -2.11. The number of sulfonamides is 1. The molecule has 0 unspecified atom stereocenters. The summed E-state index contributed by atoms with van der Waals surface area (Å²) in [5, 5.41) is 9.69. The summed E-state index contributed by atoms with van der Waals surface area (Å²) in [4.78, 5) is -0.0876. The molecule has 0 saturated heterocycles. The normalized spacial score (nSPS) is 11.8. The molecule has 0 spiro atoms. The Morgan fingerprint density at radius 1 is 0.903 bits per heavy atom. The van der Waals surface area contributed by atoms with Crippen LogP contribution < -0.4 is 5.14 Å². The number of alkyl halides is 2. The molecule has 0 aliphatic heterocycles. The first kappa shape index (κ1) is 21.2. The Morgan fingerprint density at radius 3 is 2.10 bits per heavy atom. The Labute approximate surface area is 182 Å². The first-order valence-electron chi connectivity index (χ1n) is 9.12. The molecule has 0 atom stereocenters. The number of para-hydroxylation sites is 1. The zero-order valence-corrected chi connectivity index (χ0v) is 17.5. The Morgan fingerprint density at radius 2 is 1.52 bits per heavy atom. The van der Waals surface area contributed by atoms with Gasteiger partial charge in [-0.2, -0.15) is 5.10 Å². The third-order valence-electron chi connectivity index (χ3n) is 4.72. The van der Waals surface area contributed by atoms with Crippen molar-refractivity contribution in [3.05, 3.63) is 89.6 Å². The highest BCUT2D eigenvalue weighted by atomic mass is 35.5. The zero-order chi connectivity index (χ0) is 22.2. The van der Waals surface area contributed by atoms with Crippen LogP contribution in [-0.2, 0) is 10.0 Å². The van der Waals surface area contributed by atoms with Crippen LogP contribution in [-0.4, -0.2) is 18.2 Å². The molecule has 0 bridgehead atoms. The molecule has 4 rings (SSSR count). The van der Waals surface area contributed by atoms with Gasteiger partial charge in [0.1, 0.15) is 5.69 Å². The Kier molecular flexibility index (Phi) is 5.62. The maximum atomic E-state index is 14.1. The van der Waals surface area contributed by atoms with Crippen molar-refractivity contribution >= 4 is 21.6 Å². The highest BCUT2D eigenvalue weighted by Gasteiger charge is 2.28. The minimum Gasteiger partial charge on any atom is -0.232 e. The molecule has 3 aromatic carbocycles. The van der Waals surface area contributed by atoms with Crippen LogP contribution >= 0.6 is 11.6 Å². The van der Waals surface area contributed by atoms with Crippen LogP contribution in [0, 0.1) is 0 Å². The second kappa shape index (κ2) is 8.22. The number of hydrogen-bond donors (Lipinski definition) is 1. The van der Waals surface area contributed by atoms with Crippen molar-refractivity contribution in [3.8, 4) is 28.1 Å². The fourth-order valence-corrected chi connectivity index (χ4v) is 4.09. The second-order valence-corrected chi connectivity index (χ2v) is 8.67. The highest BCUT2D eigenvalue weighted by molar-refractivity contribution is 7.89. The van der Waals surface area contributed by atoms with E-state index < -0.39 is 22.1 Å². The van der Waals surface area contributed by atoms with Crippen molar-refractivity contribution in [1.29, 1.82) is 0 Å². The SMILES string of the molecule is NS(=O)(=O)c1ccc(-c2c(-c3ccccc3Cl)c(C(F)F)nn2-c2ccccc2)cc1. The topological polar surface area (TPSA) is 78.0 Å². The van der Waals surface area contributed by atoms with Crippen molar-refractivity contribution in [2.24, 2.45) is 5.14 Å². The number of halogens is 3. The van der Waals surface area contributed by atoms with E-state index in [2.05, 4.69) is 5.10 Å². The largest absolute Gasteiger partial charge is 0.282 e. The molecule has 2 N–H and O–H groups in total. The average molecular weight is 460 g/mol. The van der Waals surface area contributed by atoms with Crippen LogP contribution in [0.1, 0.15) is 12.1 Å². The number of nitrogens with zero attached hydrogens (tertiary/aromatic N) is 2. The van der Waals surface area contributed by atoms with Crippen molar-refractivity contribution in [2.75, 3.05) is 0 Å². The minimum absolute atomic E-state index is 0.0876. The molecule has 1 aromatic heterocycles. The van der Waals surface area contributed by atoms with Gasteiger partial charge in [0.2, 0.25) is 10.0 Å². The molecule has 0 fully saturated rings. The van der Waals surface area contributed by atoms with E-state index in [-0.39, 0.29) is 10.5 Å². The zero-order valence-electron chi connectivity index (χ0n) is 15.9. The Hall–Kier alpha value is -3.07. The van der Waals surface area contributed by atoms with Gasteiger partial charge in [-0.05, 0) is 30.3 Å². The van der Waals surface area contributed by atoms with Crippen LogP contribution in [0.3, 0.4) is 0 Å². The first-order chi connectivity index (χ1) is 14.8. The number of rotatable bonds is 5. The van der Waals surface area contributed by atoms with Gasteiger partial charge in [0.05, 0.1) is 16.3 Å². The predicted octanol–water partition coefficient (Wildman–Crippen LogP) is 5.44. The van der Waals surface area contributed by atoms with Gasteiger partial charge in [-0.1, -0.05) is 60.1 Å². The van der Waals surface area contributed by atoms with E-state index in [1.54, 1.807) is 54.6 Å². The van der Waals surface area contributed by atoms with Gasteiger partial charge in [-0.3, -0.25) is 0 Å².